The molecule has 20 heavy (non-hydrogen) atoms. The lowest BCUT2D eigenvalue weighted by Crippen LogP contribution is -2.07. The molecule has 0 radical (unpaired) electrons. The number of nitrogens with zero attached hydrogens (tertiary/aromatic N) is 3. The summed E-state index contributed by atoms with van der Waals surface area (Å²) in [4.78, 5) is 24.2. The summed E-state index contributed by atoms with van der Waals surface area (Å²) in [6.07, 6.45) is 3.11. The van der Waals surface area contributed by atoms with Crippen LogP contribution in [0, 0.1) is 6.92 Å². The van der Waals surface area contributed by atoms with Gasteiger partial charge in [-0.05, 0) is 25.1 Å². The Kier molecular flexibility index (Phi) is 3.33. The molecule has 3 rings (SSSR count). The molecule has 0 aromatic carbocycles. The van der Waals surface area contributed by atoms with Crippen LogP contribution in [0.25, 0.3) is 6.08 Å². The van der Waals surface area contributed by atoms with Crippen LogP contribution in [-0.4, -0.2) is 21.8 Å². The third-order valence-corrected chi connectivity index (χ3v) is 3.51. The smallest absolute Gasteiger partial charge is 0.363 e. The number of hydrogen-bond donors (Lipinski definition) is 0. The summed E-state index contributed by atoms with van der Waals surface area (Å²) in [6.45, 7) is 1.89. The number of aryl methyl sites for hydroxylation is 1. The molecule has 0 aliphatic carbocycles. The van der Waals surface area contributed by atoms with Crippen molar-refractivity contribution in [2.75, 3.05) is 0 Å². The summed E-state index contributed by atoms with van der Waals surface area (Å²) < 4.78 is 5.09. The van der Waals surface area contributed by atoms with Crippen molar-refractivity contribution < 1.29 is 9.53 Å². The molecule has 0 spiro atoms. The molecule has 0 bridgehead atoms. The number of rotatable bonds is 2. The quantitative estimate of drug-likeness (QED) is 0.632. The predicted molar refractivity (Wildman–Crippen MR) is 76.7 cm³/mol. The van der Waals surface area contributed by atoms with Gasteiger partial charge in [0, 0.05) is 16.6 Å². The molecule has 2 aromatic rings. The van der Waals surface area contributed by atoms with E-state index in [4.69, 9.17) is 16.3 Å². The lowest BCUT2D eigenvalue weighted by Gasteiger charge is -1.97. The maximum atomic E-state index is 11.8. The molecule has 0 saturated heterocycles. The second-order valence-electron chi connectivity index (χ2n) is 3.99. The molecule has 0 atom stereocenters. The molecule has 0 fully saturated rings. The number of aliphatic imine (C=N–C) groups is 1. The highest BCUT2D eigenvalue weighted by Gasteiger charge is 2.25. The lowest BCUT2D eigenvalue weighted by molar-refractivity contribution is -0.129. The molecule has 5 nitrogen and oxygen atoms in total. The number of thiazole rings is 1. The zero-order chi connectivity index (χ0) is 14.1. The first-order chi connectivity index (χ1) is 9.61. The second-order valence-corrected chi connectivity index (χ2v) is 5.49. The Morgan fingerprint density at radius 2 is 2.30 bits per heavy atom. The molecule has 3 heterocycles. The third kappa shape index (κ3) is 2.61. The van der Waals surface area contributed by atoms with E-state index in [1.165, 1.54) is 17.5 Å². The number of halogens is 1. The first-order valence-corrected chi connectivity index (χ1v) is 6.94. The van der Waals surface area contributed by atoms with Gasteiger partial charge in [-0.1, -0.05) is 11.6 Å². The number of esters is 1. The van der Waals surface area contributed by atoms with Gasteiger partial charge in [-0.25, -0.2) is 14.8 Å². The van der Waals surface area contributed by atoms with Gasteiger partial charge in [0.25, 0.3) is 0 Å². The zero-order valence-electron chi connectivity index (χ0n) is 10.3. The van der Waals surface area contributed by atoms with Crippen molar-refractivity contribution in [3.8, 4) is 0 Å². The summed E-state index contributed by atoms with van der Waals surface area (Å²) in [5.74, 6) is -0.372. The van der Waals surface area contributed by atoms with Gasteiger partial charge in [-0.2, -0.15) is 0 Å². The number of hydrogen-bond acceptors (Lipinski definition) is 6. The highest BCUT2D eigenvalue weighted by molar-refractivity contribution is 7.09. The van der Waals surface area contributed by atoms with Gasteiger partial charge < -0.3 is 4.74 Å². The first-order valence-electron chi connectivity index (χ1n) is 5.68. The molecule has 0 amide bonds. The van der Waals surface area contributed by atoms with Crippen molar-refractivity contribution in [2.24, 2.45) is 4.99 Å². The summed E-state index contributed by atoms with van der Waals surface area (Å²) in [5, 5.41) is 3.27. The van der Waals surface area contributed by atoms with Crippen LogP contribution in [0.2, 0.25) is 5.02 Å². The van der Waals surface area contributed by atoms with E-state index >= 15 is 0 Å². The number of ether oxygens (including phenoxy) is 1. The molecule has 100 valence electrons. The predicted octanol–water partition coefficient (Wildman–Crippen LogP) is 2.84. The Bertz CT molecular complexity index is 752. The maximum Gasteiger partial charge on any atom is 0.363 e. The van der Waals surface area contributed by atoms with Crippen LogP contribution in [0.5, 0.6) is 0 Å². The molecule has 0 unspecified atom stereocenters. The van der Waals surface area contributed by atoms with Crippen LogP contribution in [0.4, 0.5) is 0 Å². The minimum atomic E-state index is -0.521. The average molecular weight is 306 g/mol. The summed E-state index contributed by atoms with van der Waals surface area (Å²) in [5.41, 5.74) is 1.30. The zero-order valence-corrected chi connectivity index (χ0v) is 11.9. The third-order valence-electron chi connectivity index (χ3n) is 2.48. The van der Waals surface area contributed by atoms with Crippen LogP contribution in [-0.2, 0) is 9.53 Å². The van der Waals surface area contributed by atoms with Gasteiger partial charge in [-0.15, -0.1) is 11.3 Å². The van der Waals surface area contributed by atoms with Gasteiger partial charge in [0.15, 0.2) is 5.70 Å². The SMILES string of the molecule is Cc1nc(/C=C2\N=C(c3cc(Cl)ccn3)OC2=O)cs1. The molecule has 1 aliphatic heterocycles. The summed E-state index contributed by atoms with van der Waals surface area (Å²) >= 11 is 7.37. The van der Waals surface area contributed by atoms with Gasteiger partial charge >= 0.3 is 5.97 Å². The molecule has 2 aromatic heterocycles. The molecule has 0 N–H and O–H groups in total. The van der Waals surface area contributed by atoms with Gasteiger partial charge in [-0.3, -0.25) is 4.98 Å². The fourth-order valence-electron chi connectivity index (χ4n) is 1.63. The van der Waals surface area contributed by atoms with Crippen LogP contribution in [0.3, 0.4) is 0 Å². The fourth-order valence-corrected chi connectivity index (χ4v) is 2.36. The molecular weight excluding hydrogens is 298 g/mol. The van der Waals surface area contributed by atoms with Crippen molar-refractivity contribution in [3.05, 3.63) is 50.8 Å². The Labute approximate surface area is 123 Å². The Morgan fingerprint density at radius 3 is 3.00 bits per heavy atom. The number of pyridine rings is 1. The van der Waals surface area contributed by atoms with Crippen molar-refractivity contribution in [3.63, 3.8) is 0 Å². The maximum absolute atomic E-state index is 11.8. The largest absolute Gasteiger partial charge is 0.400 e. The van der Waals surface area contributed by atoms with E-state index in [1.54, 1.807) is 18.2 Å². The van der Waals surface area contributed by atoms with Crippen molar-refractivity contribution in [2.45, 2.75) is 6.92 Å². The average Bonchev–Trinajstić information content (AvgIpc) is 2.97. The Balaban J connectivity index is 1.94. The van der Waals surface area contributed by atoms with E-state index in [1.807, 2.05) is 12.3 Å². The molecule has 1 aliphatic rings. The van der Waals surface area contributed by atoms with Gasteiger partial charge in [0.05, 0.1) is 10.7 Å². The van der Waals surface area contributed by atoms with Crippen molar-refractivity contribution in [1.29, 1.82) is 0 Å². The molecular formula is C13H8ClN3O2S. The summed E-state index contributed by atoms with van der Waals surface area (Å²) in [7, 11) is 0. The number of carbonyl (C=O) groups is 1. The van der Waals surface area contributed by atoms with E-state index in [0.29, 0.717) is 16.4 Å². The van der Waals surface area contributed by atoms with Crippen LogP contribution < -0.4 is 0 Å². The monoisotopic (exact) mass is 305 g/mol. The topological polar surface area (TPSA) is 64.4 Å². The van der Waals surface area contributed by atoms with Crippen LogP contribution in [0.15, 0.2) is 34.4 Å². The standard InChI is InChI=1S/C13H8ClN3O2S/c1-7-16-9(6-20-7)5-11-13(18)19-12(17-11)10-4-8(14)2-3-15-10/h2-6H,1H3/b11-5-. The van der Waals surface area contributed by atoms with Crippen molar-refractivity contribution >= 4 is 40.9 Å². The highest BCUT2D eigenvalue weighted by Crippen LogP contribution is 2.20. The van der Waals surface area contributed by atoms with E-state index in [9.17, 15) is 4.79 Å². The number of cyclic esters (lactones) is 1. The van der Waals surface area contributed by atoms with E-state index in [2.05, 4.69) is 15.0 Å². The Hall–Kier alpha value is -2.05. The highest BCUT2D eigenvalue weighted by atomic mass is 35.5. The van der Waals surface area contributed by atoms with Crippen molar-refractivity contribution in [1.82, 2.24) is 9.97 Å². The number of carbonyl (C=O) groups excluding carboxylic acids is 1. The minimum absolute atomic E-state index is 0.149. The van der Waals surface area contributed by atoms with E-state index < -0.39 is 5.97 Å². The van der Waals surface area contributed by atoms with E-state index in [-0.39, 0.29) is 11.6 Å². The van der Waals surface area contributed by atoms with E-state index in [0.717, 1.165) is 5.01 Å². The minimum Gasteiger partial charge on any atom is -0.400 e. The lowest BCUT2D eigenvalue weighted by atomic mass is 10.3. The first kappa shape index (κ1) is 13.0. The molecule has 0 saturated carbocycles. The second kappa shape index (κ2) is 5.15. The van der Waals surface area contributed by atoms with Gasteiger partial charge in [0.1, 0.15) is 5.69 Å². The Morgan fingerprint density at radius 1 is 1.45 bits per heavy atom. The van der Waals surface area contributed by atoms with Crippen LogP contribution in [0.1, 0.15) is 16.4 Å². The normalized spacial score (nSPS) is 16.4. The molecule has 7 heteroatoms. The fraction of sp³-hybridized carbons (Fsp3) is 0.0769. The summed E-state index contributed by atoms with van der Waals surface area (Å²) in [6, 6.07) is 3.22. The van der Waals surface area contributed by atoms with Gasteiger partial charge in [0.2, 0.25) is 5.90 Å². The number of aromatic nitrogens is 2. The van der Waals surface area contributed by atoms with Crippen LogP contribution >= 0.6 is 22.9 Å².